The van der Waals surface area contributed by atoms with Crippen LogP contribution in [-0.2, 0) is 17.7 Å². The van der Waals surface area contributed by atoms with E-state index in [1.54, 1.807) is 6.33 Å². The Hall–Kier alpha value is -1.42. The van der Waals surface area contributed by atoms with Crippen molar-refractivity contribution in [3.8, 4) is 0 Å². The largest absolute Gasteiger partial charge is 0.414 e. The number of rotatable bonds is 5. The number of nitrogens with two attached hydrogens (primary N) is 2. The van der Waals surface area contributed by atoms with E-state index in [0.717, 1.165) is 0 Å². The topological polar surface area (TPSA) is 133 Å². The number of nitrogens with zero attached hydrogens (tertiary/aromatic N) is 4. The molecule has 0 spiro atoms. The summed E-state index contributed by atoms with van der Waals surface area (Å²) in [5.74, 6) is 0.324. The lowest BCUT2D eigenvalue weighted by Crippen LogP contribution is -2.66. The number of fused-ring (bicyclic) bond motifs is 2. The summed E-state index contributed by atoms with van der Waals surface area (Å²) in [5.41, 5.74) is 14.9. The second-order valence-electron chi connectivity index (χ2n) is 10.8. The first kappa shape index (κ1) is 25.7. The Morgan fingerprint density at radius 2 is 1.56 bits per heavy atom. The molecule has 12 heteroatoms. The molecule has 2 fully saturated rings. The van der Waals surface area contributed by atoms with E-state index in [1.807, 2.05) is 4.57 Å². The maximum absolute atomic E-state index is 7.25. The van der Waals surface area contributed by atoms with E-state index in [2.05, 4.69) is 70.3 Å². The molecule has 0 radical (unpaired) electrons. The summed E-state index contributed by atoms with van der Waals surface area (Å²) in [6.07, 6.45) is 1.87. The van der Waals surface area contributed by atoms with Gasteiger partial charge in [0.05, 0.1) is 25.1 Å². The molecule has 4 rings (SSSR count). The Morgan fingerprint density at radius 3 is 2.15 bits per heavy atom. The van der Waals surface area contributed by atoms with Crippen molar-refractivity contribution in [1.29, 1.82) is 0 Å². The zero-order valence-corrected chi connectivity index (χ0v) is 23.6. The van der Waals surface area contributed by atoms with Crippen molar-refractivity contribution < 1.29 is 17.7 Å². The van der Waals surface area contributed by atoms with E-state index in [1.165, 1.54) is 6.33 Å². The molecule has 2 saturated heterocycles. The molecule has 0 aromatic carbocycles. The SMILES string of the molecule is CC(C)[Si]1(C(C)C)OC[C@@H]2O[C@H](n3cnc4c(N)ncnc43)[C@@H](N)[C@H]2O[Si](C(C)C)(C(C)C)O1. The van der Waals surface area contributed by atoms with Gasteiger partial charge in [-0.25, -0.2) is 15.0 Å². The summed E-state index contributed by atoms with van der Waals surface area (Å²) in [5, 5.41) is 0. The minimum Gasteiger partial charge on any atom is -0.414 e. The van der Waals surface area contributed by atoms with Crippen molar-refractivity contribution in [2.75, 3.05) is 12.3 Å². The molecule has 4 N–H and O–H groups in total. The fourth-order valence-corrected chi connectivity index (χ4v) is 16.7. The molecule has 2 aromatic rings. The average molecular weight is 509 g/mol. The van der Waals surface area contributed by atoms with Crippen molar-refractivity contribution >= 4 is 34.1 Å². The molecule has 0 saturated carbocycles. The van der Waals surface area contributed by atoms with Crippen LogP contribution in [0.2, 0.25) is 22.2 Å². The number of imidazole rings is 1. The van der Waals surface area contributed by atoms with Gasteiger partial charge in [-0.1, -0.05) is 55.4 Å². The van der Waals surface area contributed by atoms with Gasteiger partial charge in [0.25, 0.3) is 0 Å². The zero-order chi connectivity index (χ0) is 25.0. The van der Waals surface area contributed by atoms with Gasteiger partial charge in [0.1, 0.15) is 17.9 Å². The molecule has 4 heterocycles. The molecule has 4 atom stereocenters. The van der Waals surface area contributed by atoms with Gasteiger partial charge in [-0.2, -0.15) is 0 Å². The van der Waals surface area contributed by atoms with Gasteiger partial charge in [-0.3, -0.25) is 4.57 Å². The third kappa shape index (κ3) is 3.92. The van der Waals surface area contributed by atoms with E-state index < -0.39 is 29.4 Å². The summed E-state index contributed by atoms with van der Waals surface area (Å²) < 4.78 is 29.5. The normalized spacial score (nSPS) is 29.2. The van der Waals surface area contributed by atoms with Crippen LogP contribution in [0.5, 0.6) is 0 Å². The molecule has 0 unspecified atom stereocenters. The highest BCUT2D eigenvalue weighted by Crippen LogP contribution is 2.48. The first-order valence-corrected chi connectivity index (χ1v) is 16.2. The van der Waals surface area contributed by atoms with Gasteiger partial charge in [0, 0.05) is 0 Å². The molecule has 0 bridgehead atoms. The lowest BCUT2D eigenvalue weighted by Gasteiger charge is -2.51. The first-order valence-electron chi connectivity index (χ1n) is 12.3. The van der Waals surface area contributed by atoms with Crippen molar-refractivity contribution in [3.05, 3.63) is 12.7 Å². The Labute approximate surface area is 204 Å². The lowest BCUT2D eigenvalue weighted by molar-refractivity contribution is -0.0546. The number of nitrogen functional groups attached to an aromatic ring is 1. The van der Waals surface area contributed by atoms with Crippen LogP contribution >= 0.6 is 0 Å². The minimum absolute atomic E-state index is 0.215. The second-order valence-corrected chi connectivity index (χ2v) is 19.6. The predicted molar refractivity (Wildman–Crippen MR) is 135 cm³/mol. The molecular weight excluding hydrogens is 468 g/mol. The van der Waals surface area contributed by atoms with Crippen LogP contribution in [0.15, 0.2) is 12.7 Å². The summed E-state index contributed by atoms with van der Waals surface area (Å²) in [4.78, 5) is 12.8. The van der Waals surface area contributed by atoms with Gasteiger partial charge in [0.15, 0.2) is 17.7 Å². The summed E-state index contributed by atoms with van der Waals surface area (Å²) in [6, 6.07) is -0.456. The van der Waals surface area contributed by atoms with Crippen molar-refractivity contribution in [1.82, 2.24) is 19.5 Å². The highest BCUT2D eigenvalue weighted by Gasteiger charge is 2.61. The molecule has 2 aliphatic heterocycles. The van der Waals surface area contributed by atoms with Crippen LogP contribution in [0.4, 0.5) is 5.82 Å². The number of hydrogen-bond donors (Lipinski definition) is 2. The maximum atomic E-state index is 7.25. The Kier molecular flexibility index (Phi) is 6.97. The molecule has 2 aliphatic rings. The van der Waals surface area contributed by atoms with Gasteiger partial charge >= 0.3 is 17.1 Å². The fourth-order valence-electron chi connectivity index (χ4n) is 5.49. The van der Waals surface area contributed by atoms with E-state index >= 15 is 0 Å². The fraction of sp³-hybridized carbons (Fsp3) is 0.773. The van der Waals surface area contributed by atoms with Crippen LogP contribution < -0.4 is 11.5 Å². The van der Waals surface area contributed by atoms with E-state index in [-0.39, 0.29) is 34.4 Å². The first-order chi connectivity index (χ1) is 15.9. The smallest absolute Gasteiger partial charge is 0.335 e. The molecule has 34 heavy (non-hydrogen) atoms. The van der Waals surface area contributed by atoms with Gasteiger partial charge in [0.2, 0.25) is 0 Å². The highest BCUT2D eigenvalue weighted by atomic mass is 28.5. The molecule has 2 aromatic heterocycles. The zero-order valence-electron chi connectivity index (χ0n) is 21.6. The van der Waals surface area contributed by atoms with Crippen LogP contribution in [0.1, 0.15) is 61.6 Å². The van der Waals surface area contributed by atoms with Gasteiger partial charge < -0.3 is 29.2 Å². The lowest BCUT2D eigenvalue weighted by atomic mass is 10.1. The minimum atomic E-state index is -2.78. The van der Waals surface area contributed by atoms with Crippen molar-refractivity contribution in [3.63, 3.8) is 0 Å². The van der Waals surface area contributed by atoms with Crippen molar-refractivity contribution in [2.45, 2.75) is 102 Å². The van der Waals surface area contributed by atoms with Crippen LogP contribution in [0.25, 0.3) is 11.2 Å². The van der Waals surface area contributed by atoms with Crippen molar-refractivity contribution in [2.24, 2.45) is 5.73 Å². The molecular formula is C22H40N6O4Si2. The van der Waals surface area contributed by atoms with Crippen LogP contribution in [-0.4, -0.2) is 61.5 Å². The standard InChI is InChI=1S/C22H40N6O4Si2/c1-12(2)33(13(3)4)29-9-16-19(31-34(32-33,14(5)6)15(7)8)17(23)22(30-16)28-11-27-18-20(24)25-10-26-21(18)28/h10-17,19,22H,9,23H2,1-8H3,(H2,24,25,26)/t16-,17-,19-,22-/m0/s1. The summed E-state index contributed by atoms with van der Waals surface area (Å²) in [7, 11) is -5.42. The number of aromatic nitrogens is 4. The highest BCUT2D eigenvalue weighted by molar-refractivity contribution is 6.84. The monoisotopic (exact) mass is 508 g/mol. The number of anilines is 1. The third-order valence-electron chi connectivity index (χ3n) is 7.38. The molecule has 0 aliphatic carbocycles. The Balaban J connectivity index is 1.77. The average Bonchev–Trinajstić information content (AvgIpc) is 3.29. The predicted octanol–water partition coefficient (Wildman–Crippen LogP) is 3.59. The van der Waals surface area contributed by atoms with Crippen LogP contribution in [0, 0.1) is 0 Å². The molecule has 190 valence electrons. The summed E-state index contributed by atoms with van der Waals surface area (Å²) in [6.45, 7) is 18.0. The van der Waals surface area contributed by atoms with E-state index in [9.17, 15) is 0 Å². The molecule has 10 nitrogen and oxygen atoms in total. The quantitative estimate of drug-likeness (QED) is 0.581. The second kappa shape index (κ2) is 9.23. The van der Waals surface area contributed by atoms with Crippen LogP contribution in [0.3, 0.4) is 0 Å². The third-order valence-corrected chi connectivity index (χ3v) is 17.6. The molecule has 0 amide bonds. The summed E-state index contributed by atoms with van der Waals surface area (Å²) >= 11 is 0. The number of ether oxygens (including phenoxy) is 1. The maximum Gasteiger partial charge on any atom is 0.335 e. The Bertz CT molecular complexity index is 1000. The van der Waals surface area contributed by atoms with E-state index in [4.69, 9.17) is 29.2 Å². The number of hydrogen-bond acceptors (Lipinski definition) is 9. The Morgan fingerprint density at radius 1 is 0.941 bits per heavy atom. The van der Waals surface area contributed by atoms with Gasteiger partial charge in [-0.05, 0) is 22.2 Å². The van der Waals surface area contributed by atoms with E-state index in [0.29, 0.717) is 23.6 Å². The van der Waals surface area contributed by atoms with Gasteiger partial charge in [-0.15, -0.1) is 0 Å².